The summed E-state index contributed by atoms with van der Waals surface area (Å²) >= 11 is 0. The van der Waals surface area contributed by atoms with Crippen molar-refractivity contribution in [1.82, 2.24) is 4.98 Å². The van der Waals surface area contributed by atoms with Gasteiger partial charge in [-0.05, 0) is 49.8 Å². The number of carbonyl (C=O) groups is 2. The molecule has 1 aromatic heterocycles. The number of aryl methyl sites for hydroxylation is 1. The fourth-order valence-corrected chi connectivity index (χ4v) is 4.46. The standard InChI is InChI=1S/C21H27NO4/c1-12-5-6-16(22-10-12)7-8-17-19(11-25-15(4)23)13(2)9-18-20(17)14(3)26-21(18)24/h5-8,10,13-14,17-20H,9,11H2,1-4H3/b8-7+/t13-,14+,17-,18+,19?,20-/m0/s1. The van der Waals surface area contributed by atoms with E-state index >= 15 is 0 Å². The number of hydrogen-bond acceptors (Lipinski definition) is 5. The van der Waals surface area contributed by atoms with Crippen molar-refractivity contribution in [3.63, 3.8) is 0 Å². The molecule has 2 aliphatic rings. The summed E-state index contributed by atoms with van der Waals surface area (Å²) in [7, 11) is 0. The molecule has 140 valence electrons. The molecule has 6 atom stereocenters. The SMILES string of the molecule is CC(=O)OCC1[C@@H](C)C[C@H]2C(=O)O[C@H](C)[C@H]2[C@H]1/C=C/c1ccc(C)cn1. The van der Waals surface area contributed by atoms with Crippen LogP contribution in [0.1, 0.15) is 38.4 Å². The van der Waals surface area contributed by atoms with Crippen molar-refractivity contribution in [1.29, 1.82) is 0 Å². The van der Waals surface area contributed by atoms with E-state index in [1.54, 1.807) is 0 Å². The largest absolute Gasteiger partial charge is 0.466 e. The Balaban J connectivity index is 1.88. The lowest BCUT2D eigenvalue weighted by Crippen LogP contribution is -2.42. The van der Waals surface area contributed by atoms with Gasteiger partial charge < -0.3 is 9.47 Å². The van der Waals surface area contributed by atoms with Crippen LogP contribution in [0.25, 0.3) is 6.08 Å². The molecule has 0 N–H and O–H groups in total. The summed E-state index contributed by atoms with van der Waals surface area (Å²) in [5.41, 5.74) is 2.00. The predicted octanol–water partition coefficient (Wildman–Crippen LogP) is 3.42. The molecule has 5 heteroatoms. The Morgan fingerprint density at radius 3 is 2.81 bits per heavy atom. The predicted molar refractivity (Wildman–Crippen MR) is 97.9 cm³/mol. The van der Waals surface area contributed by atoms with Crippen LogP contribution in [0.4, 0.5) is 0 Å². The number of cyclic esters (lactones) is 1. The monoisotopic (exact) mass is 357 g/mol. The molecule has 0 radical (unpaired) electrons. The van der Waals surface area contributed by atoms with E-state index in [1.807, 2.05) is 38.3 Å². The minimum atomic E-state index is -0.269. The highest BCUT2D eigenvalue weighted by atomic mass is 16.6. The maximum Gasteiger partial charge on any atom is 0.309 e. The van der Waals surface area contributed by atoms with Gasteiger partial charge in [-0.15, -0.1) is 0 Å². The van der Waals surface area contributed by atoms with E-state index < -0.39 is 0 Å². The zero-order valence-electron chi connectivity index (χ0n) is 15.8. The summed E-state index contributed by atoms with van der Waals surface area (Å²) < 4.78 is 10.9. The Morgan fingerprint density at radius 2 is 2.15 bits per heavy atom. The molecule has 1 aliphatic heterocycles. The maximum atomic E-state index is 12.3. The van der Waals surface area contributed by atoms with Crippen LogP contribution in [-0.4, -0.2) is 29.6 Å². The van der Waals surface area contributed by atoms with Crippen LogP contribution < -0.4 is 0 Å². The molecular weight excluding hydrogens is 330 g/mol. The molecule has 3 rings (SSSR count). The smallest absolute Gasteiger partial charge is 0.309 e. The summed E-state index contributed by atoms with van der Waals surface area (Å²) in [6, 6.07) is 4.01. The van der Waals surface area contributed by atoms with Gasteiger partial charge in [-0.25, -0.2) is 0 Å². The number of esters is 2. The van der Waals surface area contributed by atoms with E-state index in [9.17, 15) is 9.59 Å². The number of aromatic nitrogens is 1. The fourth-order valence-electron chi connectivity index (χ4n) is 4.46. The van der Waals surface area contributed by atoms with Crippen LogP contribution in [0.15, 0.2) is 24.4 Å². The molecule has 0 aromatic carbocycles. The van der Waals surface area contributed by atoms with E-state index in [2.05, 4.69) is 18.0 Å². The van der Waals surface area contributed by atoms with Crippen molar-refractivity contribution < 1.29 is 19.1 Å². The molecule has 5 nitrogen and oxygen atoms in total. The highest BCUT2D eigenvalue weighted by Gasteiger charge is 2.52. The number of pyridine rings is 1. The number of carbonyl (C=O) groups excluding carboxylic acids is 2. The van der Waals surface area contributed by atoms with Crippen LogP contribution in [0.5, 0.6) is 0 Å². The van der Waals surface area contributed by atoms with Crippen molar-refractivity contribution in [3.05, 3.63) is 35.7 Å². The third-order valence-corrected chi connectivity index (χ3v) is 5.81. The minimum Gasteiger partial charge on any atom is -0.466 e. The Kier molecular flexibility index (Phi) is 5.44. The molecule has 2 heterocycles. The first-order chi connectivity index (χ1) is 12.4. The number of rotatable bonds is 4. The average molecular weight is 357 g/mol. The summed E-state index contributed by atoms with van der Waals surface area (Å²) in [4.78, 5) is 28.0. The van der Waals surface area contributed by atoms with Crippen LogP contribution in [0, 0.1) is 36.5 Å². The lowest BCUT2D eigenvalue weighted by molar-refractivity contribution is -0.146. The second-order valence-electron chi connectivity index (χ2n) is 7.70. The first kappa shape index (κ1) is 18.6. The van der Waals surface area contributed by atoms with Gasteiger partial charge in [0.1, 0.15) is 6.10 Å². The normalized spacial score (nSPS) is 33.8. The van der Waals surface area contributed by atoms with Crippen molar-refractivity contribution in [2.45, 2.75) is 40.2 Å². The Hall–Kier alpha value is -2.17. The summed E-state index contributed by atoms with van der Waals surface area (Å²) in [6.07, 6.45) is 6.65. The Bertz CT molecular complexity index is 696. The zero-order valence-corrected chi connectivity index (χ0v) is 15.8. The van der Waals surface area contributed by atoms with Gasteiger partial charge in [-0.1, -0.05) is 19.1 Å². The maximum absolute atomic E-state index is 12.3. The molecule has 1 saturated heterocycles. The van der Waals surface area contributed by atoms with Gasteiger partial charge in [0.2, 0.25) is 0 Å². The Morgan fingerprint density at radius 1 is 1.38 bits per heavy atom. The molecule has 0 bridgehead atoms. The van der Waals surface area contributed by atoms with Crippen molar-refractivity contribution in [3.8, 4) is 0 Å². The van der Waals surface area contributed by atoms with Gasteiger partial charge >= 0.3 is 11.9 Å². The second-order valence-corrected chi connectivity index (χ2v) is 7.70. The highest BCUT2D eigenvalue weighted by molar-refractivity contribution is 5.75. The van der Waals surface area contributed by atoms with Crippen molar-refractivity contribution in [2.24, 2.45) is 29.6 Å². The number of nitrogens with zero attached hydrogens (tertiary/aromatic N) is 1. The van der Waals surface area contributed by atoms with E-state index in [4.69, 9.17) is 9.47 Å². The first-order valence-electron chi connectivity index (χ1n) is 9.31. The molecule has 1 aromatic rings. The van der Waals surface area contributed by atoms with Gasteiger partial charge in [0, 0.05) is 25.0 Å². The lowest BCUT2D eigenvalue weighted by Gasteiger charge is -2.41. The van der Waals surface area contributed by atoms with Crippen molar-refractivity contribution >= 4 is 18.0 Å². The number of hydrogen-bond donors (Lipinski definition) is 0. The van der Waals surface area contributed by atoms with Crippen molar-refractivity contribution in [2.75, 3.05) is 6.61 Å². The molecule has 26 heavy (non-hydrogen) atoms. The first-order valence-corrected chi connectivity index (χ1v) is 9.31. The lowest BCUT2D eigenvalue weighted by atomic mass is 9.62. The van der Waals surface area contributed by atoms with Gasteiger partial charge in [0.05, 0.1) is 18.2 Å². The molecule has 1 unspecified atom stereocenters. The molecule has 2 fully saturated rings. The summed E-state index contributed by atoms with van der Waals surface area (Å²) in [5, 5.41) is 0. The molecule has 1 saturated carbocycles. The molecule has 0 spiro atoms. The van der Waals surface area contributed by atoms with Crippen LogP contribution in [0.2, 0.25) is 0 Å². The third kappa shape index (κ3) is 3.81. The van der Waals surface area contributed by atoms with E-state index in [0.717, 1.165) is 17.7 Å². The van der Waals surface area contributed by atoms with E-state index in [-0.39, 0.29) is 47.6 Å². The average Bonchev–Trinajstić information content (AvgIpc) is 2.86. The molecular formula is C21H27NO4. The topological polar surface area (TPSA) is 65.5 Å². The van der Waals surface area contributed by atoms with Crippen LogP contribution in [-0.2, 0) is 19.1 Å². The van der Waals surface area contributed by atoms with Gasteiger partial charge in [0.25, 0.3) is 0 Å². The summed E-state index contributed by atoms with van der Waals surface area (Å²) in [6.45, 7) is 7.91. The molecule has 1 aliphatic carbocycles. The minimum absolute atomic E-state index is 0.0748. The Labute approximate surface area is 154 Å². The number of ether oxygens (including phenoxy) is 2. The van der Waals surface area contributed by atoms with E-state index in [1.165, 1.54) is 6.92 Å². The van der Waals surface area contributed by atoms with Gasteiger partial charge in [0.15, 0.2) is 0 Å². The fraction of sp³-hybridized carbons (Fsp3) is 0.571. The third-order valence-electron chi connectivity index (χ3n) is 5.81. The van der Waals surface area contributed by atoms with Gasteiger partial charge in [-0.3, -0.25) is 14.6 Å². The number of allylic oxidation sites excluding steroid dienone is 1. The van der Waals surface area contributed by atoms with Gasteiger partial charge in [-0.2, -0.15) is 0 Å². The second kappa shape index (κ2) is 7.60. The highest BCUT2D eigenvalue weighted by Crippen LogP contribution is 2.49. The van der Waals surface area contributed by atoms with E-state index in [0.29, 0.717) is 6.61 Å². The molecule has 0 amide bonds. The number of fused-ring (bicyclic) bond motifs is 1. The quantitative estimate of drug-likeness (QED) is 0.773. The zero-order chi connectivity index (χ0) is 18.8. The van der Waals surface area contributed by atoms with Crippen LogP contribution >= 0.6 is 0 Å². The summed E-state index contributed by atoms with van der Waals surface area (Å²) in [5.74, 6) is 0.219. The van der Waals surface area contributed by atoms with Crippen LogP contribution in [0.3, 0.4) is 0 Å².